The van der Waals surface area contributed by atoms with Crippen molar-refractivity contribution in [1.82, 2.24) is 10.2 Å². The summed E-state index contributed by atoms with van der Waals surface area (Å²) in [4.78, 5) is 23.8. The van der Waals surface area contributed by atoms with Gasteiger partial charge in [-0.25, -0.2) is 9.59 Å². The second-order valence-electron chi connectivity index (χ2n) is 4.36. The van der Waals surface area contributed by atoms with Crippen molar-refractivity contribution in [2.75, 3.05) is 13.7 Å². The van der Waals surface area contributed by atoms with E-state index in [1.807, 2.05) is 31.2 Å². The number of hydrogen-bond acceptors (Lipinski definition) is 3. The molecule has 6 nitrogen and oxygen atoms in total. The van der Waals surface area contributed by atoms with E-state index >= 15 is 0 Å². The van der Waals surface area contributed by atoms with E-state index in [0.29, 0.717) is 6.54 Å². The van der Waals surface area contributed by atoms with Crippen molar-refractivity contribution >= 4 is 12.0 Å². The summed E-state index contributed by atoms with van der Waals surface area (Å²) in [6.45, 7) is 1.70. The average molecular weight is 266 g/mol. The molecular weight excluding hydrogens is 248 g/mol. The molecule has 19 heavy (non-hydrogen) atoms. The highest BCUT2D eigenvalue weighted by atomic mass is 16.4. The molecule has 1 aromatic rings. The highest BCUT2D eigenvalue weighted by Crippen LogP contribution is 2.06. The van der Waals surface area contributed by atoms with E-state index in [1.54, 1.807) is 7.05 Å². The van der Waals surface area contributed by atoms with Crippen molar-refractivity contribution in [2.45, 2.75) is 19.5 Å². The van der Waals surface area contributed by atoms with Crippen LogP contribution in [-0.2, 0) is 11.3 Å². The van der Waals surface area contributed by atoms with E-state index in [0.717, 1.165) is 11.1 Å². The van der Waals surface area contributed by atoms with Gasteiger partial charge in [0.2, 0.25) is 0 Å². The van der Waals surface area contributed by atoms with Crippen LogP contribution in [0.4, 0.5) is 4.79 Å². The van der Waals surface area contributed by atoms with Crippen molar-refractivity contribution in [3.05, 3.63) is 35.4 Å². The van der Waals surface area contributed by atoms with Gasteiger partial charge >= 0.3 is 12.0 Å². The first-order chi connectivity index (χ1) is 8.93. The van der Waals surface area contributed by atoms with Gasteiger partial charge in [0.15, 0.2) is 6.04 Å². The Balaban J connectivity index is 2.57. The van der Waals surface area contributed by atoms with Gasteiger partial charge in [0.05, 0.1) is 6.61 Å². The zero-order valence-corrected chi connectivity index (χ0v) is 11.0. The number of benzene rings is 1. The molecule has 0 saturated carbocycles. The number of aryl methyl sites for hydroxylation is 1. The number of carboxylic acid groups (broad SMARTS) is 1. The van der Waals surface area contributed by atoms with Crippen LogP contribution in [0.1, 0.15) is 11.1 Å². The van der Waals surface area contributed by atoms with Gasteiger partial charge in [0, 0.05) is 13.6 Å². The Labute approximate surface area is 111 Å². The fourth-order valence-corrected chi connectivity index (χ4v) is 1.48. The quantitative estimate of drug-likeness (QED) is 0.727. The summed E-state index contributed by atoms with van der Waals surface area (Å²) in [6, 6.07) is 5.86. The molecule has 0 saturated heterocycles. The molecule has 2 amide bonds. The van der Waals surface area contributed by atoms with Gasteiger partial charge in [-0.05, 0) is 12.5 Å². The van der Waals surface area contributed by atoms with Crippen LogP contribution < -0.4 is 5.32 Å². The summed E-state index contributed by atoms with van der Waals surface area (Å²) < 4.78 is 0. The number of nitrogens with one attached hydrogen (secondary N) is 1. The Bertz CT molecular complexity index is 444. The summed E-state index contributed by atoms with van der Waals surface area (Å²) in [7, 11) is 1.56. The maximum Gasteiger partial charge on any atom is 0.328 e. The molecule has 0 aliphatic carbocycles. The summed E-state index contributed by atoms with van der Waals surface area (Å²) in [5.41, 5.74) is 2.07. The van der Waals surface area contributed by atoms with E-state index < -0.39 is 24.6 Å². The van der Waals surface area contributed by atoms with Gasteiger partial charge in [-0.3, -0.25) is 0 Å². The number of carbonyl (C=O) groups is 2. The molecule has 0 spiro atoms. The van der Waals surface area contributed by atoms with Crippen molar-refractivity contribution < 1.29 is 19.8 Å². The molecular formula is C13H18N2O4. The number of aliphatic hydroxyl groups is 1. The van der Waals surface area contributed by atoms with E-state index in [-0.39, 0.29) is 0 Å². The number of aliphatic carboxylic acids is 1. The number of amides is 2. The lowest BCUT2D eigenvalue weighted by molar-refractivity contribution is -0.140. The second-order valence-corrected chi connectivity index (χ2v) is 4.36. The third-order valence-electron chi connectivity index (χ3n) is 2.67. The first-order valence-corrected chi connectivity index (χ1v) is 5.85. The molecule has 1 atom stereocenters. The predicted molar refractivity (Wildman–Crippen MR) is 69.7 cm³/mol. The zero-order chi connectivity index (χ0) is 14.4. The van der Waals surface area contributed by atoms with Crippen molar-refractivity contribution in [3.8, 4) is 0 Å². The van der Waals surface area contributed by atoms with E-state index in [9.17, 15) is 9.59 Å². The Hall–Kier alpha value is -2.08. The van der Waals surface area contributed by atoms with Crippen LogP contribution in [0.3, 0.4) is 0 Å². The number of carbonyl (C=O) groups excluding carboxylic acids is 1. The van der Waals surface area contributed by atoms with Crippen LogP contribution in [0.15, 0.2) is 24.3 Å². The van der Waals surface area contributed by atoms with Gasteiger partial charge < -0.3 is 20.4 Å². The van der Waals surface area contributed by atoms with Crippen LogP contribution in [0.2, 0.25) is 0 Å². The van der Waals surface area contributed by atoms with Crippen LogP contribution >= 0.6 is 0 Å². The molecule has 6 heteroatoms. The van der Waals surface area contributed by atoms with Gasteiger partial charge in [-0.2, -0.15) is 0 Å². The zero-order valence-electron chi connectivity index (χ0n) is 11.0. The minimum absolute atomic E-state index is 0.365. The topological polar surface area (TPSA) is 89.9 Å². The van der Waals surface area contributed by atoms with Crippen LogP contribution in [-0.4, -0.2) is 46.8 Å². The number of carboxylic acids is 1. The standard InChI is InChI=1S/C13H18N2O4/c1-9-3-5-10(6-4-9)7-15(2)13(19)14-11(8-16)12(17)18/h3-6,11,16H,7-8H2,1-2H3,(H,14,19)(H,17,18)/t11-/m1/s1. The van der Waals surface area contributed by atoms with Crippen molar-refractivity contribution in [2.24, 2.45) is 0 Å². The minimum atomic E-state index is -1.28. The van der Waals surface area contributed by atoms with Gasteiger partial charge in [-0.1, -0.05) is 29.8 Å². The van der Waals surface area contributed by atoms with Crippen molar-refractivity contribution in [3.63, 3.8) is 0 Å². The van der Waals surface area contributed by atoms with E-state index in [1.165, 1.54) is 4.90 Å². The smallest absolute Gasteiger partial charge is 0.328 e. The molecule has 0 unspecified atom stereocenters. The number of hydrogen-bond donors (Lipinski definition) is 3. The molecule has 0 fully saturated rings. The summed E-state index contributed by atoms with van der Waals surface area (Å²) in [5, 5.41) is 19.8. The molecule has 0 aliphatic rings. The number of aliphatic hydroxyl groups excluding tert-OH is 1. The largest absolute Gasteiger partial charge is 0.480 e. The maximum atomic E-state index is 11.7. The Morgan fingerprint density at radius 1 is 1.32 bits per heavy atom. The van der Waals surface area contributed by atoms with Gasteiger partial charge in [-0.15, -0.1) is 0 Å². The highest BCUT2D eigenvalue weighted by molar-refractivity contribution is 5.82. The van der Waals surface area contributed by atoms with Crippen molar-refractivity contribution in [1.29, 1.82) is 0 Å². The first-order valence-electron chi connectivity index (χ1n) is 5.85. The predicted octanol–water partition coefficient (Wildman–Crippen LogP) is 0.582. The first kappa shape index (κ1) is 15.0. The monoisotopic (exact) mass is 266 g/mol. The summed E-state index contributed by atoms with van der Waals surface area (Å²) >= 11 is 0. The Morgan fingerprint density at radius 3 is 2.37 bits per heavy atom. The third kappa shape index (κ3) is 4.59. The van der Waals surface area contributed by atoms with E-state index in [2.05, 4.69) is 5.32 Å². The number of urea groups is 1. The lowest BCUT2D eigenvalue weighted by Crippen LogP contribution is -2.48. The van der Waals surface area contributed by atoms with Crippen LogP contribution in [0.5, 0.6) is 0 Å². The molecule has 104 valence electrons. The summed E-state index contributed by atoms with van der Waals surface area (Å²) in [5.74, 6) is -1.26. The SMILES string of the molecule is Cc1ccc(CN(C)C(=O)N[C@H](CO)C(=O)O)cc1. The van der Waals surface area contributed by atoms with Crippen LogP contribution in [0.25, 0.3) is 0 Å². The Kier molecular flexibility index (Phi) is 5.32. The lowest BCUT2D eigenvalue weighted by atomic mass is 10.1. The third-order valence-corrected chi connectivity index (χ3v) is 2.67. The Morgan fingerprint density at radius 2 is 1.89 bits per heavy atom. The van der Waals surface area contributed by atoms with Crippen LogP contribution in [0, 0.1) is 6.92 Å². The molecule has 0 aliphatic heterocycles. The maximum absolute atomic E-state index is 11.7. The molecule has 3 N–H and O–H groups in total. The molecule has 0 radical (unpaired) electrons. The summed E-state index contributed by atoms with van der Waals surface area (Å²) in [6.07, 6.45) is 0. The van der Waals surface area contributed by atoms with Gasteiger partial charge in [0.25, 0.3) is 0 Å². The average Bonchev–Trinajstić information content (AvgIpc) is 2.37. The molecule has 1 aromatic carbocycles. The number of rotatable bonds is 5. The molecule has 1 rings (SSSR count). The lowest BCUT2D eigenvalue weighted by Gasteiger charge is -2.20. The fraction of sp³-hybridized carbons (Fsp3) is 0.385. The molecule has 0 aromatic heterocycles. The minimum Gasteiger partial charge on any atom is -0.480 e. The molecule has 0 heterocycles. The second kappa shape index (κ2) is 6.75. The normalized spacial score (nSPS) is 11.7. The fourth-order valence-electron chi connectivity index (χ4n) is 1.48. The van der Waals surface area contributed by atoms with E-state index in [4.69, 9.17) is 10.2 Å². The van der Waals surface area contributed by atoms with Gasteiger partial charge in [0.1, 0.15) is 0 Å². The number of nitrogens with zero attached hydrogens (tertiary/aromatic N) is 1. The highest BCUT2D eigenvalue weighted by Gasteiger charge is 2.20. The molecule has 0 bridgehead atoms.